The molecule has 0 unspecified atom stereocenters. The summed E-state index contributed by atoms with van der Waals surface area (Å²) in [7, 11) is 1.07. The highest BCUT2D eigenvalue weighted by atomic mass is 19.3. The fourth-order valence-electron chi connectivity index (χ4n) is 0.129. The number of carbonyl (C=O) groups excluding carboxylic acids is 1. The van der Waals surface area contributed by atoms with Crippen LogP contribution < -0.4 is 5.32 Å². The lowest BCUT2D eigenvalue weighted by Crippen LogP contribution is -2.15. The first-order valence-corrected chi connectivity index (χ1v) is 1.75. The molecule has 0 aliphatic carbocycles. The van der Waals surface area contributed by atoms with Gasteiger partial charge in [-0.05, 0) is 0 Å². The van der Waals surface area contributed by atoms with Gasteiger partial charge in [-0.25, -0.2) is 10.1 Å². The van der Waals surface area contributed by atoms with Crippen LogP contribution in [0, 0.1) is 0 Å². The number of halogens is 2. The molecule has 5 heteroatoms. The van der Waals surface area contributed by atoms with Crippen molar-refractivity contribution in [2.45, 2.75) is 6.61 Å². The zero-order chi connectivity index (χ0) is 6.57. The van der Waals surface area contributed by atoms with Gasteiger partial charge in [0, 0.05) is 7.05 Å². The highest BCUT2D eigenvalue weighted by molar-refractivity contribution is 5.66. The first kappa shape index (κ1) is 7.13. The number of hydrogen-bond acceptors (Lipinski definition) is 2. The standard InChI is InChI=1S/C3H4F2NO2/c1-6-3(7)8-2(4)5/h2H,1H3. The highest BCUT2D eigenvalue weighted by Crippen LogP contribution is 1.93. The minimum atomic E-state index is -3.06. The molecule has 0 bridgehead atoms. The summed E-state index contributed by atoms with van der Waals surface area (Å²) >= 11 is 0. The van der Waals surface area contributed by atoms with E-state index in [1.807, 2.05) is 0 Å². The molecule has 0 aromatic rings. The zero-order valence-electron chi connectivity index (χ0n) is 4.10. The van der Waals surface area contributed by atoms with E-state index in [2.05, 4.69) is 10.1 Å². The molecule has 0 heterocycles. The lowest BCUT2D eigenvalue weighted by molar-refractivity contribution is -0.0811. The Labute approximate surface area is 44.6 Å². The van der Waals surface area contributed by atoms with Crippen LogP contribution in [-0.4, -0.2) is 19.8 Å². The van der Waals surface area contributed by atoms with Gasteiger partial charge in [0.15, 0.2) is 0 Å². The summed E-state index contributed by atoms with van der Waals surface area (Å²) in [6.07, 6.45) is -1.25. The summed E-state index contributed by atoms with van der Waals surface area (Å²) in [5.74, 6) is 0. The van der Waals surface area contributed by atoms with Gasteiger partial charge in [-0.15, -0.1) is 0 Å². The smallest absolute Gasteiger partial charge is 0.385 e. The molecule has 0 aliphatic rings. The van der Waals surface area contributed by atoms with Gasteiger partial charge in [0.05, 0.1) is 0 Å². The molecule has 0 rings (SSSR count). The van der Waals surface area contributed by atoms with Crippen LogP contribution in [-0.2, 0) is 4.74 Å². The quantitative estimate of drug-likeness (QED) is 0.513. The maximum absolute atomic E-state index is 11.0. The Morgan fingerprint density at radius 1 is 1.75 bits per heavy atom. The van der Waals surface area contributed by atoms with Gasteiger partial charge in [0.2, 0.25) is 0 Å². The number of alkyl halides is 2. The summed E-state index contributed by atoms with van der Waals surface area (Å²) in [5, 5.41) is 2.79. The van der Waals surface area contributed by atoms with Crippen LogP contribution in [0.25, 0.3) is 0 Å². The van der Waals surface area contributed by atoms with Crippen LogP contribution in [0.4, 0.5) is 13.6 Å². The topological polar surface area (TPSA) is 40.4 Å². The summed E-state index contributed by atoms with van der Waals surface area (Å²) in [6, 6.07) is 0. The van der Waals surface area contributed by atoms with Crippen molar-refractivity contribution >= 4 is 6.09 Å². The van der Waals surface area contributed by atoms with E-state index in [4.69, 9.17) is 0 Å². The Morgan fingerprint density at radius 3 is 2.38 bits per heavy atom. The number of carbonyl (C=O) groups is 1. The zero-order valence-corrected chi connectivity index (χ0v) is 4.10. The molecular weight excluding hydrogens is 120 g/mol. The summed E-state index contributed by atoms with van der Waals surface area (Å²) < 4.78 is 25.2. The maximum atomic E-state index is 11.0. The molecule has 0 aromatic carbocycles. The van der Waals surface area contributed by atoms with Gasteiger partial charge >= 0.3 is 12.7 Å². The molecular formula is C3H4F2NO2. The third-order valence-corrected chi connectivity index (χ3v) is 0.372. The predicted molar refractivity (Wildman–Crippen MR) is 20.5 cm³/mol. The molecule has 0 spiro atoms. The van der Waals surface area contributed by atoms with E-state index in [9.17, 15) is 13.6 Å². The highest BCUT2D eigenvalue weighted by Gasteiger charge is 2.07. The van der Waals surface area contributed by atoms with Gasteiger partial charge in [-0.1, -0.05) is 0 Å². The maximum Gasteiger partial charge on any atom is 0.433 e. The van der Waals surface area contributed by atoms with E-state index in [0.29, 0.717) is 0 Å². The van der Waals surface area contributed by atoms with Crippen molar-refractivity contribution in [2.24, 2.45) is 0 Å². The molecule has 0 atom stereocenters. The Bertz CT molecular complexity index is 85.4. The molecule has 0 aliphatic heterocycles. The van der Waals surface area contributed by atoms with E-state index >= 15 is 0 Å². The van der Waals surface area contributed by atoms with Crippen LogP contribution in [0.2, 0.25) is 0 Å². The molecule has 3 nitrogen and oxygen atoms in total. The summed E-state index contributed by atoms with van der Waals surface area (Å²) in [6.45, 7) is -3.06. The van der Waals surface area contributed by atoms with E-state index in [-0.39, 0.29) is 0 Å². The fraction of sp³-hybridized carbons (Fsp3) is 0.667. The molecule has 0 fully saturated rings. The first-order chi connectivity index (χ1) is 3.66. The molecule has 47 valence electrons. The van der Waals surface area contributed by atoms with Crippen molar-refractivity contribution in [3.8, 4) is 0 Å². The third kappa shape index (κ3) is 3.32. The second-order valence-corrected chi connectivity index (χ2v) is 0.868. The van der Waals surface area contributed by atoms with E-state index in [1.54, 1.807) is 0 Å². The van der Waals surface area contributed by atoms with Gasteiger partial charge in [0.25, 0.3) is 0 Å². The monoisotopic (exact) mass is 124 g/mol. The third-order valence-electron chi connectivity index (χ3n) is 0.372. The number of amides is 1. The van der Waals surface area contributed by atoms with Crippen molar-refractivity contribution in [3.63, 3.8) is 0 Å². The lowest BCUT2D eigenvalue weighted by Gasteiger charge is -1.96. The molecule has 0 aromatic heterocycles. The van der Waals surface area contributed by atoms with Gasteiger partial charge in [-0.3, -0.25) is 0 Å². The van der Waals surface area contributed by atoms with Crippen molar-refractivity contribution in [1.82, 2.24) is 5.32 Å². The molecule has 0 N–H and O–H groups in total. The number of hydrogen-bond donors (Lipinski definition) is 0. The van der Waals surface area contributed by atoms with Crippen molar-refractivity contribution in [1.29, 1.82) is 0 Å². The minimum absolute atomic E-state index is 1.07. The Hall–Kier alpha value is -0.870. The van der Waals surface area contributed by atoms with Crippen LogP contribution in [0.5, 0.6) is 0 Å². The van der Waals surface area contributed by atoms with Gasteiger partial charge in [-0.2, -0.15) is 8.78 Å². The molecule has 1 amide bonds. The van der Waals surface area contributed by atoms with E-state index in [1.165, 1.54) is 0 Å². The van der Waals surface area contributed by atoms with E-state index < -0.39 is 12.7 Å². The number of rotatable bonds is 1. The van der Waals surface area contributed by atoms with Crippen LogP contribution in [0.15, 0.2) is 0 Å². The van der Waals surface area contributed by atoms with Crippen LogP contribution >= 0.6 is 0 Å². The molecule has 1 radical (unpaired) electrons. The molecule has 8 heavy (non-hydrogen) atoms. The average molecular weight is 124 g/mol. The summed E-state index contributed by atoms with van der Waals surface area (Å²) in [5.41, 5.74) is 0. The van der Waals surface area contributed by atoms with Crippen molar-refractivity contribution in [2.75, 3.05) is 7.05 Å². The number of ether oxygens (including phenoxy) is 1. The van der Waals surface area contributed by atoms with Crippen molar-refractivity contribution < 1.29 is 18.3 Å². The van der Waals surface area contributed by atoms with Crippen LogP contribution in [0.1, 0.15) is 0 Å². The summed E-state index contributed by atoms with van der Waals surface area (Å²) in [4.78, 5) is 9.75. The van der Waals surface area contributed by atoms with Crippen molar-refractivity contribution in [3.05, 3.63) is 0 Å². The normalized spacial score (nSPS) is 9.00. The van der Waals surface area contributed by atoms with Gasteiger partial charge < -0.3 is 4.74 Å². The Morgan fingerprint density at radius 2 is 2.25 bits per heavy atom. The molecule has 0 saturated carbocycles. The fourth-order valence-corrected chi connectivity index (χ4v) is 0.129. The minimum Gasteiger partial charge on any atom is -0.385 e. The van der Waals surface area contributed by atoms with E-state index in [0.717, 1.165) is 7.05 Å². The Balaban J connectivity index is 3.25. The average Bonchev–Trinajstić information content (AvgIpc) is 1.65. The molecule has 0 saturated heterocycles. The predicted octanol–water partition coefficient (Wildman–Crippen LogP) is 0.580. The van der Waals surface area contributed by atoms with Gasteiger partial charge in [0.1, 0.15) is 0 Å². The Kier molecular flexibility index (Phi) is 2.83. The SMILES string of the molecule is C[N]C(=O)OC(F)F. The number of nitrogens with zero attached hydrogens (tertiary/aromatic N) is 1. The second kappa shape index (κ2) is 3.17. The van der Waals surface area contributed by atoms with Crippen LogP contribution in [0.3, 0.4) is 0 Å². The first-order valence-electron chi connectivity index (χ1n) is 1.75. The second-order valence-electron chi connectivity index (χ2n) is 0.868. The lowest BCUT2D eigenvalue weighted by atomic mass is 11.1. The largest absolute Gasteiger partial charge is 0.433 e.